The van der Waals surface area contributed by atoms with Gasteiger partial charge in [0.25, 0.3) is 5.91 Å². The molecule has 1 amide bonds. The molecule has 2 aliphatic rings. The van der Waals surface area contributed by atoms with Crippen molar-refractivity contribution in [3.63, 3.8) is 0 Å². The van der Waals surface area contributed by atoms with E-state index in [4.69, 9.17) is 9.84 Å². The van der Waals surface area contributed by atoms with Gasteiger partial charge in [-0.05, 0) is 31.4 Å². The summed E-state index contributed by atoms with van der Waals surface area (Å²) in [7, 11) is 0. The highest BCUT2D eigenvalue weighted by molar-refractivity contribution is 6.03. The molecule has 0 radical (unpaired) electrons. The first-order valence-electron chi connectivity index (χ1n) is 6.30. The van der Waals surface area contributed by atoms with Crippen molar-refractivity contribution in [1.29, 1.82) is 0 Å². The van der Waals surface area contributed by atoms with Crippen LogP contribution in [0.1, 0.15) is 40.1 Å². The quantitative estimate of drug-likeness (QED) is 0.842. The Morgan fingerprint density at radius 2 is 2.26 bits per heavy atom. The fourth-order valence-corrected chi connectivity index (χ4v) is 2.79. The van der Waals surface area contributed by atoms with Gasteiger partial charge in [-0.25, -0.2) is 4.79 Å². The third-order valence-electron chi connectivity index (χ3n) is 3.68. The Morgan fingerprint density at radius 1 is 1.42 bits per heavy atom. The van der Waals surface area contributed by atoms with Gasteiger partial charge in [0.1, 0.15) is 5.69 Å². The zero-order valence-corrected chi connectivity index (χ0v) is 10.2. The monoisotopic (exact) mass is 262 g/mol. The predicted octanol–water partition coefficient (Wildman–Crippen LogP) is 0.829. The predicted molar refractivity (Wildman–Crippen MR) is 65.0 cm³/mol. The minimum absolute atomic E-state index is 0.0325. The van der Waals surface area contributed by atoms with Crippen molar-refractivity contribution >= 4 is 11.9 Å². The summed E-state index contributed by atoms with van der Waals surface area (Å²) in [5.74, 6) is -1.60. The van der Waals surface area contributed by atoms with Crippen LogP contribution < -0.4 is 5.32 Å². The molecule has 2 bridgehead atoms. The number of amides is 1. The second-order valence-electron chi connectivity index (χ2n) is 4.89. The third kappa shape index (κ3) is 2.19. The molecule has 3 rings (SSSR count). The second kappa shape index (κ2) is 4.62. The number of rotatable bonds is 3. The lowest BCUT2D eigenvalue weighted by atomic mass is 9.95. The maximum atomic E-state index is 12.1. The number of carbonyl (C=O) groups excluding carboxylic acids is 1. The lowest BCUT2D eigenvalue weighted by Gasteiger charge is -2.20. The molecule has 2 fully saturated rings. The summed E-state index contributed by atoms with van der Waals surface area (Å²) in [6.07, 6.45) is 4.50. The number of pyridine rings is 1. The summed E-state index contributed by atoms with van der Waals surface area (Å²) < 4.78 is 5.65. The van der Waals surface area contributed by atoms with Crippen LogP contribution in [0.2, 0.25) is 0 Å². The van der Waals surface area contributed by atoms with Crippen LogP contribution in [0.5, 0.6) is 0 Å². The Bertz CT molecular complexity index is 531. The number of hydrogen-bond acceptors (Lipinski definition) is 4. The molecule has 2 saturated heterocycles. The van der Waals surface area contributed by atoms with E-state index in [0.29, 0.717) is 0 Å². The third-order valence-corrected chi connectivity index (χ3v) is 3.68. The summed E-state index contributed by atoms with van der Waals surface area (Å²) in [6, 6.07) is 2.84. The molecule has 1 aromatic heterocycles. The number of ether oxygens (including phenoxy) is 1. The molecule has 3 heterocycles. The molecule has 6 heteroatoms. The maximum Gasteiger partial charge on any atom is 0.338 e. The van der Waals surface area contributed by atoms with Gasteiger partial charge in [0.15, 0.2) is 0 Å². The molecule has 3 atom stereocenters. The first kappa shape index (κ1) is 12.1. The number of aromatic nitrogens is 1. The van der Waals surface area contributed by atoms with Gasteiger partial charge in [0, 0.05) is 6.20 Å². The molecular formula is C13H14N2O4. The van der Waals surface area contributed by atoms with Crippen LogP contribution in [0.3, 0.4) is 0 Å². The zero-order valence-electron chi connectivity index (χ0n) is 10.2. The molecule has 0 aliphatic carbocycles. The summed E-state index contributed by atoms with van der Waals surface area (Å²) in [5, 5.41) is 11.9. The van der Waals surface area contributed by atoms with E-state index in [9.17, 15) is 9.59 Å². The van der Waals surface area contributed by atoms with E-state index in [1.54, 1.807) is 0 Å². The number of carboxylic acids is 1. The van der Waals surface area contributed by atoms with Gasteiger partial charge in [-0.2, -0.15) is 0 Å². The molecule has 0 aromatic carbocycles. The van der Waals surface area contributed by atoms with Gasteiger partial charge in [0.2, 0.25) is 0 Å². The largest absolute Gasteiger partial charge is 0.478 e. The zero-order chi connectivity index (χ0) is 13.4. The van der Waals surface area contributed by atoms with Crippen LogP contribution in [0.25, 0.3) is 0 Å². The van der Waals surface area contributed by atoms with Crippen LogP contribution in [0.4, 0.5) is 0 Å². The lowest BCUT2D eigenvalue weighted by Crippen LogP contribution is -2.42. The van der Waals surface area contributed by atoms with Crippen molar-refractivity contribution in [2.75, 3.05) is 0 Å². The maximum absolute atomic E-state index is 12.1. The van der Waals surface area contributed by atoms with E-state index < -0.39 is 11.9 Å². The van der Waals surface area contributed by atoms with Crippen molar-refractivity contribution in [3.8, 4) is 0 Å². The molecule has 1 aromatic rings. The molecule has 0 spiro atoms. The molecule has 19 heavy (non-hydrogen) atoms. The number of fused-ring (bicyclic) bond motifs is 2. The number of carboxylic acid groups (broad SMARTS) is 1. The van der Waals surface area contributed by atoms with Crippen LogP contribution in [-0.4, -0.2) is 40.2 Å². The minimum atomic E-state index is -1.15. The molecule has 2 aliphatic heterocycles. The van der Waals surface area contributed by atoms with Gasteiger partial charge in [-0.15, -0.1) is 0 Å². The van der Waals surface area contributed by atoms with Crippen molar-refractivity contribution in [2.45, 2.75) is 37.5 Å². The SMILES string of the molecule is O=C(O)c1cccnc1C(=O)NC1CC2CCC1O2. The highest BCUT2D eigenvalue weighted by Gasteiger charge is 2.41. The average Bonchev–Trinajstić information content (AvgIpc) is 3.01. The first-order chi connectivity index (χ1) is 9.15. The summed E-state index contributed by atoms with van der Waals surface area (Å²) in [6.45, 7) is 0. The molecule has 2 N–H and O–H groups in total. The van der Waals surface area contributed by atoms with E-state index in [2.05, 4.69) is 10.3 Å². The summed E-state index contributed by atoms with van der Waals surface area (Å²) in [5.41, 5.74) is -0.123. The Kier molecular flexibility index (Phi) is 2.94. The Morgan fingerprint density at radius 3 is 2.89 bits per heavy atom. The van der Waals surface area contributed by atoms with Crippen LogP contribution >= 0.6 is 0 Å². The molecule has 6 nitrogen and oxygen atoms in total. The highest BCUT2D eigenvalue weighted by atomic mass is 16.5. The Balaban J connectivity index is 1.76. The smallest absolute Gasteiger partial charge is 0.338 e. The molecule has 100 valence electrons. The fourth-order valence-electron chi connectivity index (χ4n) is 2.79. The van der Waals surface area contributed by atoms with Crippen molar-refractivity contribution < 1.29 is 19.4 Å². The van der Waals surface area contributed by atoms with Crippen LogP contribution in [0, 0.1) is 0 Å². The van der Waals surface area contributed by atoms with Gasteiger partial charge in [0.05, 0.1) is 23.8 Å². The number of aromatic carboxylic acids is 1. The lowest BCUT2D eigenvalue weighted by molar-refractivity contribution is 0.0688. The van der Waals surface area contributed by atoms with Crippen LogP contribution in [0.15, 0.2) is 18.3 Å². The minimum Gasteiger partial charge on any atom is -0.478 e. The first-order valence-corrected chi connectivity index (χ1v) is 6.30. The van der Waals surface area contributed by atoms with E-state index >= 15 is 0 Å². The fraction of sp³-hybridized carbons (Fsp3) is 0.462. The Hall–Kier alpha value is -1.95. The normalized spacial score (nSPS) is 28.3. The molecule has 3 unspecified atom stereocenters. The highest BCUT2D eigenvalue weighted by Crippen LogP contribution is 2.34. The number of carbonyl (C=O) groups is 2. The van der Waals surface area contributed by atoms with Crippen molar-refractivity contribution in [2.24, 2.45) is 0 Å². The number of nitrogens with one attached hydrogen (secondary N) is 1. The van der Waals surface area contributed by atoms with Gasteiger partial charge >= 0.3 is 5.97 Å². The van der Waals surface area contributed by atoms with Crippen molar-refractivity contribution in [1.82, 2.24) is 10.3 Å². The van der Waals surface area contributed by atoms with Gasteiger partial charge < -0.3 is 15.2 Å². The van der Waals surface area contributed by atoms with E-state index in [1.807, 2.05) is 0 Å². The number of nitrogens with zero attached hydrogens (tertiary/aromatic N) is 1. The average molecular weight is 262 g/mol. The second-order valence-corrected chi connectivity index (χ2v) is 4.89. The van der Waals surface area contributed by atoms with E-state index in [0.717, 1.165) is 19.3 Å². The standard InChI is InChI=1S/C13H14N2O4/c16-12(11-8(13(17)18)2-1-5-14-11)15-9-6-7-3-4-10(9)19-7/h1-2,5,7,9-10H,3-4,6H2,(H,15,16)(H,17,18). The van der Waals surface area contributed by atoms with Gasteiger partial charge in [-0.1, -0.05) is 0 Å². The Labute approximate surface area is 109 Å². The van der Waals surface area contributed by atoms with Crippen LogP contribution in [-0.2, 0) is 4.74 Å². The van der Waals surface area contributed by atoms with E-state index in [1.165, 1.54) is 18.3 Å². The van der Waals surface area contributed by atoms with E-state index in [-0.39, 0.29) is 29.5 Å². The van der Waals surface area contributed by atoms with Gasteiger partial charge in [-0.3, -0.25) is 9.78 Å². The summed E-state index contributed by atoms with van der Waals surface area (Å²) in [4.78, 5) is 27.0. The number of hydrogen-bond donors (Lipinski definition) is 2. The molecular weight excluding hydrogens is 248 g/mol. The summed E-state index contributed by atoms with van der Waals surface area (Å²) >= 11 is 0. The topological polar surface area (TPSA) is 88.5 Å². The molecule has 0 saturated carbocycles. The van der Waals surface area contributed by atoms with Crippen molar-refractivity contribution in [3.05, 3.63) is 29.6 Å².